The van der Waals surface area contributed by atoms with E-state index in [1.807, 2.05) is 0 Å². The predicted molar refractivity (Wildman–Crippen MR) is 68.8 cm³/mol. The van der Waals surface area contributed by atoms with Crippen molar-refractivity contribution in [3.05, 3.63) is 24.0 Å². The highest BCUT2D eigenvalue weighted by Gasteiger charge is 2.28. The van der Waals surface area contributed by atoms with E-state index in [1.54, 1.807) is 6.92 Å². The first-order valence-corrected chi connectivity index (χ1v) is 6.11. The fraction of sp³-hybridized carbons (Fsp3) is 0.462. The van der Waals surface area contributed by atoms with E-state index in [-0.39, 0.29) is 17.7 Å². The van der Waals surface area contributed by atoms with Crippen molar-refractivity contribution in [1.29, 1.82) is 0 Å². The van der Waals surface area contributed by atoms with E-state index in [4.69, 9.17) is 9.47 Å². The van der Waals surface area contributed by atoms with Gasteiger partial charge in [0.25, 0.3) is 0 Å². The molecule has 1 aliphatic heterocycles. The molecule has 1 saturated heterocycles. The summed E-state index contributed by atoms with van der Waals surface area (Å²) >= 11 is 0. The molecule has 0 saturated carbocycles. The van der Waals surface area contributed by atoms with E-state index >= 15 is 0 Å². The quantitative estimate of drug-likeness (QED) is 0.863. The van der Waals surface area contributed by atoms with Crippen LogP contribution in [0.1, 0.15) is 6.92 Å². The number of halogens is 1. The van der Waals surface area contributed by atoms with Gasteiger partial charge in [-0.2, -0.15) is 0 Å². The summed E-state index contributed by atoms with van der Waals surface area (Å²) in [6.45, 7) is 2.97. The van der Waals surface area contributed by atoms with E-state index < -0.39 is 11.9 Å². The van der Waals surface area contributed by atoms with E-state index in [9.17, 15) is 9.18 Å². The zero-order valence-corrected chi connectivity index (χ0v) is 10.9. The number of benzene rings is 1. The van der Waals surface area contributed by atoms with E-state index in [0.717, 1.165) is 0 Å². The average molecular weight is 268 g/mol. The van der Waals surface area contributed by atoms with Crippen LogP contribution >= 0.6 is 0 Å². The lowest BCUT2D eigenvalue weighted by molar-refractivity contribution is -0.123. The molecule has 2 N–H and O–H groups in total. The van der Waals surface area contributed by atoms with Crippen LogP contribution in [-0.4, -0.2) is 38.3 Å². The summed E-state index contributed by atoms with van der Waals surface area (Å²) in [6.07, 6.45) is -0.248. The Hall–Kier alpha value is -1.66. The van der Waals surface area contributed by atoms with Gasteiger partial charge in [-0.3, -0.25) is 4.79 Å². The van der Waals surface area contributed by atoms with Crippen LogP contribution < -0.4 is 15.4 Å². The number of carbonyl (C=O) groups is 1. The summed E-state index contributed by atoms with van der Waals surface area (Å²) in [4.78, 5) is 12.1. The number of anilines is 1. The monoisotopic (exact) mass is 268 g/mol. The lowest BCUT2D eigenvalue weighted by atomic mass is 10.1. The molecule has 0 unspecified atom stereocenters. The van der Waals surface area contributed by atoms with E-state index in [0.29, 0.717) is 18.9 Å². The van der Waals surface area contributed by atoms with Gasteiger partial charge >= 0.3 is 0 Å². The zero-order chi connectivity index (χ0) is 13.8. The molecule has 1 heterocycles. The minimum atomic E-state index is -0.501. The van der Waals surface area contributed by atoms with Gasteiger partial charge in [0.15, 0.2) is 0 Å². The van der Waals surface area contributed by atoms with Crippen LogP contribution in [-0.2, 0) is 9.53 Å². The highest BCUT2D eigenvalue weighted by molar-refractivity contribution is 5.95. The molecule has 1 aromatic carbocycles. The highest BCUT2D eigenvalue weighted by Crippen LogP contribution is 2.21. The number of nitrogens with one attached hydrogen (secondary N) is 2. The largest absolute Gasteiger partial charge is 0.497 e. The van der Waals surface area contributed by atoms with Crippen LogP contribution in [0.2, 0.25) is 0 Å². The van der Waals surface area contributed by atoms with Crippen molar-refractivity contribution in [2.75, 3.05) is 25.6 Å². The molecule has 2 rings (SSSR count). The van der Waals surface area contributed by atoms with Gasteiger partial charge in [-0.25, -0.2) is 4.39 Å². The maximum atomic E-state index is 13.6. The summed E-state index contributed by atoms with van der Waals surface area (Å²) in [5.41, 5.74) is 0.101. The lowest BCUT2D eigenvalue weighted by Crippen LogP contribution is -2.53. The van der Waals surface area contributed by atoms with Crippen LogP contribution in [0.25, 0.3) is 0 Å². The minimum absolute atomic E-state index is 0.101. The Kier molecular flexibility index (Phi) is 4.34. The standard InChI is InChI=1S/C13H17FN2O3/c1-8-12(15-5-6-19-8)13(17)16-11-7-9(18-2)3-4-10(11)14/h3-4,7-8,12,15H,5-6H2,1-2H3,(H,16,17)/t8-,12+/m1/s1. The van der Waals surface area contributed by atoms with Gasteiger partial charge in [0.2, 0.25) is 5.91 Å². The molecule has 0 bridgehead atoms. The number of amides is 1. The first kappa shape index (κ1) is 13.8. The average Bonchev–Trinajstić information content (AvgIpc) is 2.41. The second-order valence-electron chi connectivity index (χ2n) is 4.34. The molecule has 19 heavy (non-hydrogen) atoms. The SMILES string of the molecule is COc1ccc(F)c(NC(=O)[C@H]2NCCO[C@@H]2C)c1. The second-order valence-corrected chi connectivity index (χ2v) is 4.34. The third-order valence-electron chi connectivity index (χ3n) is 3.03. The first-order valence-electron chi connectivity index (χ1n) is 6.11. The molecular weight excluding hydrogens is 251 g/mol. The van der Waals surface area contributed by atoms with Crippen LogP contribution in [0, 0.1) is 5.82 Å². The molecule has 1 aromatic rings. The van der Waals surface area contributed by atoms with Gasteiger partial charge < -0.3 is 20.1 Å². The van der Waals surface area contributed by atoms with Crippen molar-refractivity contribution in [3.8, 4) is 5.75 Å². The Bertz CT molecular complexity index is 467. The molecule has 0 spiro atoms. The normalized spacial score (nSPS) is 22.9. The Balaban J connectivity index is 2.09. The van der Waals surface area contributed by atoms with Crippen LogP contribution in [0.15, 0.2) is 18.2 Å². The third kappa shape index (κ3) is 3.21. The van der Waals surface area contributed by atoms with Crippen LogP contribution in [0.4, 0.5) is 10.1 Å². The predicted octanol–water partition coefficient (Wildman–Crippen LogP) is 1.15. The number of hydrogen-bond donors (Lipinski definition) is 2. The Morgan fingerprint density at radius 2 is 2.37 bits per heavy atom. The maximum absolute atomic E-state index is 13.6. The number of methoxy groups -OCH3 is 1. The highest BCUT2D eigenvalue weighted by atomic mass is 19.1. The van der Waals surface area contributed by atoms with Gasteiger partial charge in [0.1, 0.15) is 17.6 Å². The fourth-order valence-corrected chi connectivity index (χ4v) is 1.96. The van der Waals surface area contributed by atoms with E-state index in [2.05, 4.69) is 10.6 Å². The first-order chi connectivity index (χ1) is 9.11. The molecule has 2 atom stereocenters. The van der Waals surface area contributed by atoms with Crippen molar-refractivity contribution in [2.24, 2.45) is 0 Å². The van der Waals surface area contributed by atoms with Crippen molar-refractivity contribution in [3.63, 3.8) is 0 Å². The maximum Gasteiger partial charge on any atom is 0.244 e. The lowest BCUT2D eigenvalue weighted by Gasteiger charge is -2.29. The topological polar surface area (TPSA) is 59.6 Å². The summed E-state index contributed by atoms with van der Waals surface area (Å²) in [6, 6.07) is 3.71. The number of rotatable bonds is 3. The summed E-state index contributed by atoms with van der Waals surface area (Å²) in [7, 11) is 1.48. The van der Waals surface area contributed by atoms with E-state index in [1.165, 1.54) is 25.3 Å². The zero-order valence-electron chi connectivity index (χ0n) is 10.9. The van der Waals surface area contributed by atoms with Crippen molar-refractivity contribution in [1.82, 2.24) is 5.32 Å². The summed E-state index contributed by atoms with van der Waals surface area (Å²) in [5, 5.41) is 5.59. The molecule has 5 nitrogen and oxygen atoms in total. The molecular formula is C13H17FN2O3. The Labute approximate surface area is 111 Å². The summed E-state index contributed by atoms with van der Waals surface area (Å²) in [5.74, 6) is -0.338. The smallest absolute Gasteiger partial charge is 0.244 e. The van der Waals surface area contributed by atoms with Crippen LogP contribution in [0.3, 0.4) is 0 Å². The number of ether oxygens (including phenoxy) is 2. The molecule has 0 aromatic heterocycles. The third-order valence-corrected chi connectivity index (χ3v) is 3.03. The Morgan fingerprint density at radius 3 is 3.05 bits per heavy atom. The Morgan fingerprint density at radius 1 is 1.58 bits per heavy atom. The molecule has 104 valence electrons. The number of morpholine rings is 1. The molecule has 1 fully saturated rings. The van der Waals surface area contributed by atoms with Gasteiger partial charge in [0.05, 0.1) is 25.5 Å². The van der Waals surface area contributed by atoms with Gasteiger partial charge in [-0.15, -0.1) is 0 Å². The molecule has 1 amide bonds. The second kappa shape index (κ2) is 5.99. The van der Waals surface area contributed by atoms with Gasteiger partial charge in [-0.05, 0) is 19.1 Å². The molecule has 6 heteroatoms. The summed E-state index contributed by atoms with van der Waals surface area (Å²) < 4.78 is 24.0. The minimum Gasteiger partial charge on any atom is -0.497 e. The fourth-order valence-electron chi connectivity index (χ4n) is 1.96. The van der Waals surface area contributed by atoms with Gasteiger partial charge in [-0.1, -0.05) is 0 Å². The molecule has 0 radical (unpaired) electrons. The number of hydrogen-bond acceptors (Lipinski definition) is 4. The van der Waals surface area contributed by atoms with Crippen molar-refractivity contribution < 1.29 is 18.7 Å². The molecule has 1 aliphatic rings. The molecule has 0 aliphatic carbocycles. The number of carbonyl (C=O) groups excluding carboxylic acids is 1. The van der Waals surface area contributed by atoms with Crippen molar-refractivity contribution in [2.45, 2.75) is 19.1 Å². The van der Waals surface area contributed by atoms with Crippen molar-refractivity contribution >= 4 is 11.6 Å². The van der Waals surface area contributed by atoms with Gasteiger partial charge in [0, 0.05) is 12.6 Å². The van der Waals surface area contributed by atoms with Crippen LogP contribution in [0.5, 0.6) is 5.75 Å².